The third-order valence-corrected chi connectivity index (χ3v) is 6.76. The van der Waals surface area contributed by atoms with Gasteiger partial charge in [0, 0.05) is 11.0 Å². The molecule has 30 heavy (non-hydrogen) atoms. The zero-order chi connectivity index (χ0) is 21.9. The number of carbonyl (C=O) groups is 2. The fourth-order valence-corrected chi connectivity index (χ4v) is 5.18. The number of rotatable bonds is 6. The van der Waals surface area contributed by atoms with Crippen LogP contribution in [-0.2, 0) is 17.6 Å². The minimum absolute atomic E-state index is 0.207. The van der Waals surface area contributed by atoms with Gasteiger partial charge in [-0.25, -0.2) is 0 Å². The van der Waals surface area contributed by atoms with Crippen molar-refractivity contribution in [2.75, 3.05) is 11.9 Å². The van der Waals surface area contributed by atoms with Crippen LogP contribution in [0.5, 0.6) is 5.75 Å². The van der Waals surface area contributed by atoms with Crippen molar-refractivity contribution in [3.63, 3.8) is 0 Å². The Balaban J connectivity index is 1.75. The van der Waals surface area contributed by atoms with E-state index in [0.717, 1.165) is 36.1 Å². The Morgan fingerprint density at radius 2 is 1.97 bits per heavy atom. The number of hydrogen-bond donors (Lipinski definition) is 2. The maximum atomic E-state index is 12.5. The number of carbonyl (C=O) groups excluding carboxylic acids is 2. The van der Waals surface area contributed by atoms with Crippen molar-refractivity contribution < 1.29 is 14.3 Å². The second kappa shape index (κ2) is 9.04. The predicted molar refractivity (Wildman–Crippen MR) is 123 cm³/mol. The van der Waals surface area contributed by atoms with Gasteiger partial charge in [-0.2, -0.15) is 0 Å². The van der Waals surface area contributed by atoms with Crippen molar-refractivity contribution in [3.8, 4) is 5.75 Å². The van der Waals surface area contributed by atoms with E-state index in [1.807, 2.05) is 31.2 Å². The van der Waals surface area contributed by atoms with E-state index in [4.69, 9.17) is 10.5 Å². The van der Waals surface area contributed by atoms with Crippen LogP contribution in [0, 0.1) is 11.3 Å². The molecule has 3 rings (SSSR count). The lowest BCUT2D eigenvalue weighted by Gasteiger charge is -2.33. The second-order valence-corrected chi connectivity index (χ2v) is 9.81. The molecule has 2 aromatic rings. The summed E-state index contributed by atoms with van der Waals surface area (Å²) in [7, 11) is 0. The Labute approximate surface area is 182 Å². The third kappa shape index (κ3) is 5.11. The molecule has 0 aliphatic heterocycles. The Morgan fingerprint density at radius 3 is 2.57 bits per heavy atom. The number of anilines is 1. The number of amides is 2. The van der Waals surface area contributed by atoms with Gasteiger partial charge in [-0.05, 0) is 66.9 Å². The number of primary amides is 1. The molecule has 1 heterocycles. The molecule has 0 bridgehead atoms. The first-order valence-electron chi connectivity index (χ1n) is 10.3. The fourth-order valence-electron chi connectivity index (χ4n) is 3.84. The molecule has 0 fully saturated rings. The maximum Gasteiger partial charge on any atom is 0.251 e. The van der Waals surface area contributed by atoms with Gasteiger partial charge in [0.1, 0.15) is 10.8 Å². The van der Waals surface area contributed by atoms with Crippen molar-refractivity contribution >= 4 is 34.2 Å². The van der Waals surface area contributed by atoms with Crippen LogP contribution in [0.2, 0.25) is 0 Å². The lowest BCUT2D eigenvalue weighted by Crippen LogP contribution is -2.27. The molecule has 1 atom stereocenters. The Hall–Kier alpha value is -2.60. The molecule has 0 radical (unpaired) electrons. The highest BCUT2D eigenvalue weighted by molar-refractivity contribution is 7.17. The summed E-state index contributed by atoms with van der Waals surface area (Å²) < 4.78 is 5.42. The van der Waals surface area contributed by atoms with E-state index in [2.05, 4.69) is 26.1 Å². The average Bonchev–Trinajstić information content (AvgIpc) is 3.04. The molecular formula is C24H30N2O3S. The monoisotopic (exact) mass is 426 g/mol. The number of benzene rings is 1. The van der Waals surface area contributed by atoms with Crippen molar-refractivity contribution in [3.05, 3.63) is 51.9 Å². The first-order valence-corrected chi connectivity index (χ1v) is 11.2. The molecule has 1 aliphatic rings. The minimum atomic E-state index is -0.479. The van der Waals surface area contributed by atoms with Crippen LogP contribution in [0.15, 0.2) is 30.3 Å². The zero-order valence-electron chi connectivity index (χ0n) is 18.1. The Bertz CT molecular complexity index is 952. The molecule has 1 unspecified atom stereocenters. The summed E-state index contributed by atoms with van der Waals surface area (Å²) in [6.07, 6.45) is 5.97. The Morgan fingerprint density at radius 1 is 1.27 bits per heavy atom. The van der Waals surface area contributed by atoms with Gasteiger partial charge < -0.3 is 15.8 Å². The third-order valence-electron chi connectivity index (χ3n) is 5.59. The molecule has 0 spiro atoms. The van der Waals surface area contributed by atoms with Gasteiger partial charge in [0.2, 0.25) is 5.91 Å². The van der Waals surface area contributed by atoms with Crippen LogP contribution in [-0.4, -0.2) is 18.4 Å². The number of fused-ring (bicyclic) bond motifs is 1. The van der Waals surface area contributed by atoms with Crippen molar-refractivity contribution in [1.82, 2.24) is 0 Å². The summed E-state index contributed by atoms with van der Waals surface area (Å²) >= 11 is 1.48. The normalized spacial score (nSPS) is 16.3. The molecule has 0 saturated carbocycles. The van der Waals surface area contributed by atoms with E-state index in [1.165, 1.54) is 22.3 Å². The number of hydrogen-bond acceptors (Lipinski definition) is 4. The van der Waals surface area contributed by atoms with Gasteiger partial charge in [0.25, 0.3) is 5.91 Å². The maximum absolute atomic E-state index is 12.5. The van der Waals surface area contributed by atoms with E-state index in [-0.39, 0.29) is 11.3 Å². The van der Waals surface area contributed by atoms with Crippen LogP contribution < -0.4 is 15.8 Å². The van der Waals surface area contributed by atoms with Gasteiger partial charge in [0.15, 0.2) is 0 Å². The summed E-state index contributed by atoms with van der Waals surface area (Å²) in [6.45, 7) is 9.30. The van der Waals surface area contributed by atoms with E-state index < -0.39 is 5.91 Å². The number of nitrogens with one attached hydrogen (secondary N) is 1. The van der Waals surface area contributed by atoms with E-state index in [0.29, 0.717) is 23.1 Å². The van der Waals surface area contributed by atoms with Crippen molar-refractivity contribution in [2.24, 2.45) is 17.1 Å². The summed E-state index contributed by atoms with van der Waals surface area (Å²) in [5, 5.41) is 3.43. The van der Waals surface area contributed by atoms with E-state index >= 15 is 0 Å². The van der Waals surface area contributed by atoms with E-state index in [1.54, 1.807) is 6.08 Å². The van der Waals surface area contributed by atoms with Crippen LogP contribution in [0.1, 0.15) is 60.5 Å². The number of nitrogens with two attached hydrogens (primary N) is 1. The average molecular weight is 427 g/mol. The molecule has 1 aromatic carbocycles. The molecule has 160 valence electrons. The highest BCUT2D eigenvalue weighted by atomic mass is 32.1. The zero-order valence-corrected chi connectivity index (χ0v) is 18.9. The summed E-state index contributed by atoms with van der Waals surface area (Å²) in [5.41, 5.74) is 8.26. The lowest BCUT2D eigenvalue weighted by molar-refractivity contribution is -0.111. The highest BCUT2D eigenvalue weighted by Crippen LogP contribution is 2.44. The summed E-state index contributed by atoms with van der Waals surface area (Å²) in [4.78, 5) is 25.8. The fraction of sp³-hybridized carbons (Fsp3) is 0.417. The molecule has 1 aliphatic carbocycles. The first-order chi connectivity index (χ1) is 14.2. The summed E-state index contributed by atoms with van der Waals surface area (Å²) in [5.74, 6) is 0.584. The van der Waals surface area contributed by atoms with Crippen LogP contribution in [0.25, 0.3) is 6.08 Å². The quantitative estimate of drug-likeness (QED) is 0.634. The van der Waals surface area contributed by atoms with Crippen LogP contribution >= 0.6 is 11.3 Å². The first kappa shape index (κ1) is 22.1. The van der Waals surface area contributed by atoms with Crippen LogP contribution in [0.4, 0.5) is 5.00 Å². The molecule has 5 nitrogen and oxygen atoms in total. The second-order valence-electron chi connectivity index (χ2n) is 8.70. The van der Waals surface area contributed by atoms with Gasteiger partial charge in [-0.1, -0.05) is 32.9 Å². The van der Waals surface area contributed by atoms with Gasteiger partial charge >= 0.3 is 0 Å². The summed E-state index contributed by atoms with van der Waals surface area (Å²) in [6, 6.07) is 7.51. The lowest BCUT2D eigenvalue weighted by atomic mass is 9.72. The molecule has 3 N–H and O–H groups in total. The highest BCUT2D eigenvalue weighted by Gasteiger charge is 2.33. The predicted octanol–water partition coefficient (Wildman–Crippen LogP) is 5.05. The molecule has 1 aromatic heterocycles. The SMILES string of the molecule is CCOc1ccc(/C=C/C(=O)Nc2sc3c(c2C(N)=O)CCC(C(C)(C)C)C3)cc1. The van der Waals surface area contributed by atoms with Crippen LogP contribution in [0.3, 0.4) is 0 Å². The molecule has 6 heteroatoms. The molecule has 2 amide bonds. The minimum Gasteiger partial charge on any atom is -0.494 e. The molecule has 0 saturated heterocycles. The Kier molecular flexibility index (Phi) is 6.66. The van der Waals surface area contributed by atoms with Crippen molar-refractivity contribution in [2.45, 2.75) is 47.0 Å². The topological polar surface area (TPSA) is 81.4 Å². The number of ether oxygens (including phenoxy) is 1. The smallest absolute Gasteiger partial charge is 0.251 e. The molecular weight excluding hydrogens is 396 g/mol. The standard InChI is InChI=1S/C24H30N2O3S/c1-5-29-17-10-6-15(7-11-17)8-13-20(27)26-23-21(22(25)28)18-12-9-16(24(2,3)4)14-19(18)30-23/h6-8,10-11,13,16H,5,9,12,14H2,1-4H3,(H2,25,28)(H,26,27)/b13-8+. The van der Waals surface area contributed by atoms with Gasteiger partial charge in [-0.15, -0.1) is 11.3 Å². The van der Waals surface area contributed by atoms with Gasteiger partial charge in [-0.3, -0.25) is 9.59 Å². The van der Waals surface area contributed by atoms with E-state index in [9.17, 15) is 9.59 Å². The van der Waals surface area contributed by atoms with Gasteiger partial charge in [0.05, 0.1) is 12.2 Å². The number of thiophene rings is 1. The largest absolute Gasteiger partial charge is 0.494 e. The van der Waals surface area contributed by atoms with Crippen molar-refractivity contribution in [1.29, 1.82) is 0 Å².